The van der Waals surface area contributed by atoms with Crippen LogP contribution in [0.15, 0.2) is 35.1 Å². The molecule has 16 heavy (non-hydrogen) atoms. The van der Waals surface area contributed by atoms with Crippen molar-refractivity contribution in [1.82, 2.24) is 14.6 Å². The Balaban J connectivity index is 2.21. The molecule has 0 radical (unpaired) electrons. The summed E-state index contributed by atoms with van der Waals surface area (Å²) in [6.07, 6.45) is 1.73. The lowest BCUT2D eigenvalue weighted by atomic mass is 10.3. The Labute approximate surface area is 109 Å². The molecule has 0 atom stereocenters. The molecule has 0 saturated heterocycles. The third-order valence-corrected chi connectivity index (χ3v) is 3.94. The van der Waals surface area contributed by atoms with Crippen molar-refractivity contribution in [3.05, 3.63) is 39.4 Å². The highest BCUT2D eigenvalue weighted by atomic mass is 79.9. The highest BCUT2D eigenvalue weighted by Gasteiger charge is 2.06. The fraction of sp³-hybridized carbons (Fsp3) is 0. The van der Waals surface area contributed by atoms with E-state index in [2.05, 4.69) is 26.0 Å². The zero-order chi connectivity index (χ0) is 11.1. The molecule has 6 heteroatoms. The molecule has 3 heterocycles. The van der Waals surface area contributed by atoms with Gasteiger partial charge in [0.05, 0.1) is 15.4 Å². The zero-order valence-corrected chi connectivity index (χ0v) is 11.1. The lowest BCUT2D eigenvalue weighted by molar-refractivity contribution is 0.924. The first-order chi connectivity index (χ1) is 7.74. The Bertz CT molecular complexity index is 661. The molecule has 0 spiro atoms. The van der Waals surface area contributed by atoms with Crippen LogP contribution < -0.4 is 0 Å². The Hall–Kier alpha value is -0.910. The molecule has 0 unspecified atom stereocenters. The van der Waals surface area contributed by atoms with Crippen LogP contribution in [0.2, 0.25) is 4.34 Å². The number of rotatable bonds is 1. The summed E-state index contributed by atoms with van der Waals surface area (Å²) in [4.78, 5) is 5.24. The van der Waals surface area contributed by atoms with E-state index >= 15 is 0 Å². The first-order valence-corrected chi connectivity index (χ1v) is 6.49. The summed E-state index contributed by atoms with van der Waals surface area (Å²) in [5.41, 5.74) is 1.71. The van der Waals surface area contributed by atoms with Crippen molar-refractivity contribution in [3.8, 4) is 10.6 Å². The molecule has 0 aromatic carbocycles. The highest BCUT2D eigenvalue weighted by molar-refractivity contribution is 9.10. The molecule has 3 nitrogen and oxygen atoms in total. The maximum atomic E-state index is 5.90. The van der Waals surface area contributed by atoms with E-state index in [0.717, 1.165) is 25.2 Å². The first kappa shape index (κ1) is 10.3. The van der Waals surface area contributed by atoms with Gasteiger partial charge in [0, 0.05) is 0 Å². The minimum absolute atomic E-state index is 0.765. The van der Waals surface area contributed by atoms with Crippen molar-refractivity contribution < 1.29 is 0 Å². The monoisotopic (exact) mass is 313 g/mol. The van der Waals surface area contributed by atoms with Crippen LogP contribution in [0.1, 0.15) is 0 Å². The molecule has 3 aromatic rings. The summed E-state index contributed by atoms with van der Waals surface area (Å²) in [6, 6.07) is 7.71. The van der Waals surface area contributed by atoms with Crippen LogP contribution in [0.25, 0.3) is 16.2 Å². The SMILES string of the molecule is Clc1ccc(-c2ccc3ncc(Br)n3n2)s1. The molecule has 0 bridgehead atoms. The summed E-state index contributed by atoms with van der Waals surface area (Å²) in [5, 5.41) is 4.48. The van der Waals surface area contributed by atoms with Crippen LogP contribution in [0, 0.1) is 0 Å². The van der Waals surface area contributed by atoms with Gasteiger partial charge in [-0.1, -0.05) is 11.6 Å². The lowest BCUT2D eigenvalue weighted by Crippen LogP contribution is -1.93. The normalized spacial score (nSPS) is 11.1. The van der Waals surface area contributed by atoms with Gasteiger partial charge < -0.3 is 0 Å². The average molecular weight is 315 g/mol. The minimum atomic E-state index is 0.765. The van der Waals surface area contributed by atoms with Crippen LogP contribution >= 0.6 is 38.9 Å². The van der Waals surface area contributed by atoms with Crippen LogP contribution in [-0.4, -0.2) is 14.6 Å². The van der Waals surface area contributed by atoms with Gasteiger partial charge in [-0.3, -0.25) is 0 Å². The summed E-state index contributed by atoms with van der Waals surface area (Å²) in [7, 11) is 0. The lowest BCUT2D eigenvalue weighted by Gasteiger charge is -1.98. The molecule has 3 rings (SSSR count). The molecule has 0 aliphatic rings. The Morgan fingerprint density at radius 3 is 2.88 bits per heavy atom. The van der Waals surface area contributed by atoms with Gasteiger partial charge in [-0.2, -0.15) is 5.10 Å². The fourth-order valence-electron chi connectivity index (χ4n) is 1.43. The molecule has 0 saturated carbocycles. The molecule has 0 amide bonds. The number of imidazole rings is 1. The van der Waals surface area contributed by atoms with E-state index < -0.39 is 0 Å². The first-order valence-electron chi connectivity index (χ1n) is 4.50. The van der Waals surface area contributed by atoms with Crippen molar-refractivity contribution in [1.29, 1.82) is 0 Å². The van der Waals surface area contributed by atoms with Gasteiger partial charge in [0.2, 0.25) is 0 Å². The summed E-state index contributed by atoms with van der Waals surface area (Å²) in [5.74, 6) is 0. The third kappa shape index (κ3) is 1.65. The van der Waals surface area contributed by atoms with Crippen LogP contribution in [0.4, 0.5) is 0 Å². The van der Waals surface area contributed by atoms with Crippen molar-refractivity contribution >= 4 is 44.5 Å². The molecular formula is C10H5BrClN3S. The topological polar surface area (TPSA) is 30.2 Å². The van der Waals surface area contributed by atoms with Gasteiger partial charge in [0.25, 0.3) is 0 Å². The van der Waals surface area contributed by atoms with E-state index in [-0.39, 0.29) is 0 Å². The van der Waals surface area contributed by atoms with Crippen molar-refractivity contribution in [3.63, 3.8) is 0 Å². The van der Waals surface area contributed by atoms with Gasteiger partial charge in [0.15, 0.2) is 5.65 Å². The molecule has 3 aromatic heterocycles. The molecule has 0 N–H and O–H groups in total. The zero-order valence-electron chi connectivity index (χ0n) is 7.89. The molecule has 0 aliphatic heterocycles. The molecule has 0 aliphatic carbocycles. The van der Waals surface area contributed by atoms with Gasteiger partial charge in [-0.25, -0.2) is 9.50 Å². The Morgan fingerprint density at radius 2 is 2.12 bits per heavy atom. The fourth-order valence-corrected chi connectivity index (χ4v) is 2.80. The average Bonchev–Trinajstić information content (AvgIpc) is 2.86. The van der Waals surface area contributed by atoms with Gasteiger partial charge in [-0.15, -0.1) is 11.3 Å². The number of thiophene rings is 1. The predicted molar refractivity (Wildman–Crippen MR) is 69.0 cm³/mol. The summed E-state index contributed by atoms with van der Waals surface area (Å²) >= 11 is 10.8. The summed E-state index contributed by atoms with van der Waals surface area (Å²) < 4.78 is 3.36. The van der Waals surface area contributed by atoms with Crippen molar-refractivity contribution in [2.75, 3.05) is 0 Å². The summed E-state index contributed by atoms with van der Waals surface area (Å²) in [6.45, 7) is 0. The van der Waals surface area contributed by atoms with E-state index in [9.17, 15) is 0 Å². The molecular weight excluding hydrogens is 310 g/mol. The standard InChI is InChI=1S/C10H5BrClN3S/c11-8-5-13-10-4-1-6(14-15(8)10)7-2-3-9(12)16-7/h1-5H. The number of hydrogen-bond acceptors (Lipinski definition) is 3. The molecule has 0 fully saturated rings. The second kappa shape index (κ2) is 3.84. The van der Waals surface area contributed by atoms with E-state index in [1.54, 1.807) is 10.7 Å². The number of fused-ring (bicyclic) bond motifs is 1. The van der Waals surface area contributed by atoms with Crippen LogP contribution in [0.3, 0.4) is 0 Å². The number of nitrogens with zero attached hydrogens (tertiary/aromatic N) is 3. The van der Waals surface area contributed by atoms with E-state index in [0.29, 0.717) is 0 Å². The van der Waals surface area contributed by atoms with Crippen molar-refractivity contribution in [2.24, 2.45) is 0 Å². The second-order valence-electron chi connectivity index (χ2n) is 3.17. The maximum Gasteiger partial charge on any atom is 0.154 e. The molecule has 80 valence electrons. The predicted octanol–water partition coefficient (Wildman–Crippen LogP) is 3.87. The number of halogens is 2. The Morgan fingerprint density at radius 1 is 1.25 bits per heavy atom. The largest absolute Gasteiger partial charge is 0.234 e. The minimum Gasteiger partial charge on any atom is -0.234 e. The van der Waals surface area contributed by atoms with E-state index in [1.165, 1.54) is 11.3 Å². The Kier molecular flexibility index (Phi) is 2.46. The van der Waals surface area contributed by atoms with E-state index in [1.807, 2.05) is 24.3 Å². The van der Waals surface area contributed by atoms with E-state index in [4.69, 9.17) is 11.6 Å². The van der Waals surface area contributed by atoms with Gasteiger partial charge in [0.1, 0.15) is 10.3 Å². The second-order valence-corrected chi connectivity index (χ2v) is 5.70. The van der Waals surface area contributed by atoms with Crippen LogP contribution in [-0.2, 0) is 0 Å². The quantitative estimate of drug-likeness (QED) is 0.682. The smallest absolute Gasteiger partial charge is 0.154 e. The van der Waals surface area contributed by atoms with Crippen LogP contribution in [0.5, 0.6) is 0 Å². The van der Waals surface area contributed by atoms with Gasteiger partial charge >= 0.3 is 0 Å². The number of aromatic nitrogens is 3. The highest BCUT2D eigenvalue weighted by Crippen LogP contribution is 2.29. The third-order valence-electron chi connectivity index (χ3n) is 2.15. The van der Waals surface area contributed by atoms with Crippen molar-refractivity contribution in [2.45, 2.75) is 0 Å². The van der Waals surface area contributed by atoms with Gasteiger partial charge in [-0.05, 0) is 40.2 Å². The number of hydrogen-bond donors (Lipinski definition) is 0. The maximum absolute atomic E-state index is 5.90.